The van der Waals surface area contributed by atoms with E-state index in [9.17, 15) is 0 Å². The first-order valence-corrected chi connectivity index (χ1v) is 6.16. The summed E-state index contributed by atoms with van der Waals surface area (Å²) in [5.74, 6) is 1.99. The molecule has 0 amide bonds. The zero-order valence-corrected chi connectivity index (χ0v) is 11.0. The van der Waals surface area contributed by atoms with Gasteiger partial charge < -0.3 is 9.47 Å². The van der Waals surface area contributed by atoms with E-state index in [4.69, 9.17) is 9.47 Å². The Morgan fingerprint density at radius 3 is 2.55 bits per heavy atom. The molecule has 0 unspecified atom stereocenters. The second kappa shape index (κ2) is 5.17. The fourth-order valence-corrected chi connectivity index (χ4v) is 1.87. The van der Waals surface area contributed by atoms with Crippen molar-refractivity contribution < 1.29 is 9.47 Å². The highest BCUT2D eigenvalue weighted by Gasteiger charge is 2.06. The van der Waals surface area contributed by atoms with Crippen molar-refractivity contribution in [2.24, 2.45) is 0 Å². The molecule has 3 aromatic rings. The summed E-state index contributed by atoms with van der Waals surface area (Å²) in [4.78, 5) is 8.51. The van der Waals surface area contributed by atoms with Crippen LogP contribution in [0.3, 0.4) is 0 Å². The lowest BCUT2D eigenvalue weighted by molar-refractivity contribution is 0.399. The first-order chi connectivity index (χ1) is 9.76. The van der Waals surface area contributed by atoms with Crippen LogP contribution < -0.4 is 9.47 Å². The molecule has 0 fully saturated rings. The molecular formula is C16H13N2O2. The third kappa shape index (κ3) is 2.40. The SMILES string of the molecule is [CH2]c1ccc(Oc2ccnc3nc(OC)ccc23)cc1. The maximum absolute atomic E-state index is 5.87. The molecule has 0 saturated heterocycles. The molecule has 0 aliphatic heterocycles. The average Bonchev–Trinajstić information content (AvgIpc) is 2.49. The third-order valence-electron chi connectivity index (χ3n) is 2.90. The Kier molecular flexibility index (Phi) is 3.21. The van der Waals surface area contributed by atoms with Crippen molar-refractivity contribution >= 4 is 11.0 Å². The molecule has 0 bridgehead atoms. The molecule has 0 aliphatic rings. The lowest BCUT2D eigenvalue weighted by atomic mass is 10.2. The van der Waals surface area contributed by atoms with E-state index in [1.54, 1.807) is 19.4 Å². The molecular weight excluding hydrogens is 252 g/mol. The molecule has 0 aliphatic carbocycles. The number of hydrogen-bond donors (Lipinski definition) is 0. The Labute approximate surface area is 117 Å². The second-order valence-corrected chi connectivity index (χ2v) is 4.28. The number of pyridine rings is 2. The molecule has 1 radical (unpaired) electrons. The number of rotatable bonds is 3. The van der Waals surface area contributed by atoms with Gasteiger partial charge >= 0.3 is 0 Å². The van der Waals surface area contributed by atoms with Gasteiger partial charge in [0.15, 0.2) is 5.65 Å². The van der Waals surface area contributed by atoms with Gasteiger partial charge in [-0.25, -0.2) is 4.98 Å². The smallest absolute Gasteiger partial charge is 0.215 e. The average molecular weight is 265 g/mol. The van der Waals surface area contributed by atoms with Crippen molar-refractivity contribution in [3.8, 4) is 17.4 Å². The van der Waals surface area contributed by atoms with Crippen molar-refractivity contribution in [3.05, 3.63) is 61.1 Å². The van der Waals surface area contributed by atoms with Crippen LogP contribution in [0.5, 0.6) is 17.4 Å². The zero-order chi connectivity index (χ0) is 13.9. The highest BCUT2D eigenvalue weighted by atomic mass is 16.5. The van der Waals surface area contributed by atoms with Crippen LogP contribution in [0.25, 0.3) is 11.0 Å². The van der Waals surface area contributed by atoms with Gasteiger partial charge in [-0.1, -0.05) is 12.1 Å². The summed E-state index contributed by atoms with van der Waals surface area (Å²) in [5.41, 5.74) is 1.54. The first-order valence-electron chi connectivity index (χ1n) is 6.16. The summed E-state index contributed by atoms with van der Waals surface area (Å²) in [6.07, 6.45) is 1.67. The minimum Gasteiger partial charge on any atom is -0.481 e. The van der Waals surface area contributed by atoms with Crippen molar-refractivity contribution in [1.82, 2.24) is 9.97 Å². The quantitative estimate of drug-likeness (QED) is 0.725. The van der Waals surface area contributed by atoms with Gasteiger partial charge in [-0.15, -0.1) is 0 Å². The van der Waals surface area contributed by atoms with Crippen molar-refractivity contribution in [2.45, 2.75) is 0 Å². The van der Waals surface area contributed by atoms with E-state index in [1.165, 1.54) is 0 Å². The number of ether oxygens (including phenoxy) is 2. The number of fused-ring (bicyclic) bond motifs is 1. The molecule has 0 N–H and O–H groups in total. The molecule has 20 heavy (non-hydrogen) atoms. The van der Waals surface area contributed by atoms with Crippen LogP contribution >= 0.6 is 0 Å². The minimum atomic E-state index is 0.531. The van der Waals surface area contributed by atoms with Gasteiger partial charge in [0.1, 0.15) is 11.5 Å². The van der Waals surface area contributed by atoms with E-state index in [-0.39, 0.29) is 0 Å². The summed E-state index contributed by atoms with van der Waals surface area (Å²) in [7, 11) is 1.58. The summed E-state index contributed by atoms with van der Waals surface area (Å²) < 4.78 is 11.0. The number of aromatic nitrogens is 2. The van der Waals surface area contributed by atoms with E-state index < -0.39 is 0 Å². The zero-order valence-electron chi connectivity index (χ0n) is 11.0. The second-order valence-electron chi connectivity index (χ2n) is 4.28. The number of methoxy groups -OCH3 is 1. The van der Waals surface area contributed by atoms with E-state index in [1.807, 2.05) is 36.4 Å². The van der Waals surface area contributed by atoms with Crippen molar-refractivity contribution in [3.63, 3.8) is 0 Å². The largest absolute Gasteiger partial charge is 0.481 e. The first kappa shape index (κ1) is 12.4. The Hall–Kier alpha value is -2.62. The fraction of sp³-hybridized carbons (Fsp3) is 0.0625. The van der Waals surface area contributed by atoms with Crippen molar-refractivity contribution in [1.29, 1.82) is 0 Å². The number of benzene rings is 1. The summed E-state index contributed by atoms with van der Waals surface area (Å²) in [6, 6.07) is 13.1. The molecule has 4 heteroatoms. The van der Waals surface area contributed by atoms with Crippen LogP contribution in [-0.2, 0) is 0 Å². The minimum absolute atomic E-state index is 0.531. The third-order valence-corrected chi connectivity index (χ3v) is 2.90. The molecule has 1 aromatic carbocycles. The van der Waals surface area contributed by atoms with Crippen LogP contribution in [0.1, 0.15) is 5.56 Å². The van der Waals surface area contributed by atoms with E-state index in [0.717, 1.165) is 16.7 Å². The summed E-state index contributed by atoms with van der Waals surface area (Å²) in [5, 5.41) is 0.840. The Balaban J connectivity index is 2.01. The van der Waals surface area contributed by atoms with Crippen LogP contribution in [0.2, 0.25) is 0 Å². The topological polar surface area (TPSA) is 44.2 Å². The lowest BCUT2D eigenvalue weighted by Crippen LogP contribution is -1.92. The summed E-state index contributed by atoms with van der Waals surface area (Å²) in [6.45, 7) is 3.85. The standard InChI is InChI=1S/C16H13N2O2/c1-11-3-5-12(6-4-11)20-14-9-10-17-16-13(14)7-8-15(18-16)19-2/h3-10H,1H2,2H3. The normalized spacial score (nSPS) is 10.5. The number of nitrogens with zero attached hydrogens (tertiary/aromatic N) is 2. The Morgan fingerprint density at radius 1 is 1.00 bits per heavy atom. The van der Waals surface area contributed by atoms with Gasteiger partial charge in [0.2, 0.25) is 5.88 Å². The molecule has 0 spiro atoms. The molecule has 2 aromatic heterocycles. The van der Waals surface area contributed by atoms with E-state index >= 15 is 0 Å². The van der Waals surface area contributed by atoms with Crippen LogP contribution in [0.15, 0.2) is 48.7 Å². The van der Waals surface area contributed by atoms with Gasteiger partial charge in [-0.3, -0.25) is 0 Å². The molecule has 0 atom stereocenters. The van der Waals surface area contributed by atoms with Crippen molar-refractivity contribution in [2.75, 3.05) is 7.11 Å². The highest BCUT2D eigenvalue weighted by Crippen LogP contribution is 2.29. The lowest BCUT2D eigenvalue weighted by Gasteiger charge is -2.09. The number of hydrogen-bond acceptors (Lipinski definition) is 4. The van der Waals surface area contributed by atoms with Gasteiger partial charge in [0.25, 0.3) is 0 Å². The molecule has 4 nitrogen and oxygen atoms in total. The molecule has 2 heterocycles. The van der Waals surface area contributed by atoms with Gasteiger partial charge in [-0.05, 0) is 36.8 Å². The Bertz CT molecular complexity index is 739. The molecule has 3 rings (SSSR count). The van der Waals surface area contributed by atoms with Crippen LogP contribution in [0.4, 0.5) is 0 Å². The van der Waals surface area contributed by atoms with Gasteiger partial charge in [0, 0.05) is 12.3 Å². The predicted octanol–water partition coefficient (Wildman–Crippen LogP) is 3.61. The highest BCUT2D eigenvalue weighted by molar-refractivity contribution is 5.82. The monoisotopic (exact) mass is 265 g/mol. The van der Waals surface area contributed by atoms with Crippen LogP contribution in [0, 0.1) is 6.92 Å². The maximum atomic E-state index is 5.87. The van der Waals surface area contributed by atoms with E-state index in [2.05, 4.69) is 16.9 Å². The molecule has 0 saturated carbocycles. The summed E-state index contributed by atoms with van der Waals surface area (Å²) >= 11 is 0. The van der Waals surface area contributed by atoms with Crippen LogP contribution in [-0.4, -0.2) is 17.1 Å². The predicted molar refractivity (Wildman–Crippen MR) is 77.1 cm³/mol. The van der Waals surface area contributed by atoms with Gasteiger partial charge in [-0.2, -0.15) is 4.98 Å². The fourth-order valence-electron chi connectivity index (χ4n) is 1.87. The Morgan fingerprint density at radius 2 is 1.80 bits per heavy atom. The maximum Gasteiger partial charge on any atom is 0.215 e. The van der Waals surface area contributed by atoms with Gasteiger partial charge in [0.05, 0.1) is 12.5 Å². The van der Waals surface area contributed by atoms with E-state index in [0.29, 0.717) is 17.3 Å². The molecule has 99 valence electrons.